The first kappa shape index (κ1) is 21.7. The van der Waals surface area contributed by atoms with Crippen molar-refractivity contribution >= 4 is 12.1 Å². The number of carbonyl (C=O) groups excluding carboxylic acids is 1. The molecule has 0 saturated carbocycles. The summed E-state index contributed by atoms with van der Waals surface area (Å²) in [5.74, 6) is 0.278. The van der Waals surface area contributed by atoms with Crippen molar-refractivity contribution in [1.82, 2.24) is 5.32 Å². The van der Waals surface area contributed by atoms with Crippen LogP contribution in [0.2, 0.25) is 0 Å². The Balaban J connectivity index is 1.85. The van der Waals surface area contributed by atoms with E-state index in [9.17, 15) is 9.59 Å². The molecular weight excluding hydrogens is 382 g/mol. The minimum atomic E-state index is -1.22. The number of rotatable bonds is 5. The van der Waals surface area contributed by atoms with E-state index < -0.39 is 24.2 Å². The fraction of sp³-hybridized carbons (Fsp3) is 0.417. The van der Waals surface area contributed by atoms with Gasteiger partial charge in [-0.05, 0) is 50.8 Å². The second-order valence-electron chi connectivity index (χ2n) is 7.92. The van der Waals surface area contributed by atoms with Gasteiger partial charge < -0.3 is 19.9 Å². The highest BCUT2D eigenvalue weighted by Gasteiger charge is 2.35. The number of nitrogens with one attached hydrogen (secondary N) is 1. The van der Waals surface area contributed by atoms with Gasteiger partial charge in [-0.2, -0.15) is 0 Å². The number of benzene rings is 2. The van der Waals surface area contributed by atoms with Gasteiger partial charge in [-0.1, -0.05) is 54.4 Å². The van der Waals surface area contributed by atoms with E-state index in [1.54, 1.807) is 0 Å². The number of hydrogen-bond acceptors (Lipinski definition) is 4. The summed E-state index contributed by atoms with van der Waals surface area (Å²) in [5.41, 5.74) is 2.40. The fourth-order valence-electron chi connectivity index (χ4n) is 3.96. The monoisotopic (exact) mass is 411 g/mol. The van der Waals surface area contributed by atoms with Gasteiger partial charge in [-0.15, -0.1) is 0 Å². The van der Waals surface area contributed by atoms with Crippen LogP contribution in [0.1, 0.15) is 37.3 Å². The maximum Gasteiger partial charge on any atom is 0.405 e. The largest absolute Gasteiger partial charge is 0.486 e. The average molecular weight is 411 g/mol. The molecule has 2 aromatic carbocycles. The van der Waals surface area contributed by atoms with Crippen LogP contribution in [-0.2, 0) is 16.0 Å². The Labute approximate surface area is 177 Å². The Kier molecular flexibility index (Phi) is 7.33. The number of hydrogen-bond donors (Lipinski definition) is 2. The summed E-state index contributed by atoms with van der Waals surface area (Å²) in [5, 5.41) is 11.3. The summed E-state index contributed by atoms with van der Waals surface area (Å²) < 4.78 is 12.0. The van der Waals surface area contributed by atoms with Crippen LogP contribution in [0, 0.1) is 12.8 Å². The molecule has 1 saturated heterocycles. The molecule has 1 aliphatic heterocycles. The maximum atomic E-state index is 12.6. The number of cyclic esters (lactones) is 1. The number of ether oxygens (including phenoxy) is 2. The molecule has 6 nitrogen and oxygen atoms in total. The van der Waals surface area contributed by atoms with Crippen molar-refractivity contribution < 1.29 is 24.2 Å². The van der Waals surface area contributed by atoms with Gasteiger partial charge in [0.1, 0.15) is 24.0 Å². The van der Waals surface area contributed by atoms with Crippen LogP contribution in [0.5, 0.6) is 5.75 Å². The van der Waals surface area contributed by atoms with Crippen LogP contribution < -0.4 is 10.1 Å². The molecule has 160 valence electrons. The van der Waals surface area contributed by atoms with Gasteiger partial charge in [-0.3, -0.25) is 0 Å². The van der Waals surface area contributed by atoms with Crippen molar-refractivity contribution in [3.63, 3.8) is 0 Å². The van der Waals surface area contributed by atoms with Crippen LogP contribution in [0.4, 0.5) is 4.79 Å². The summed E-state index contributed by atoms with van der Waals surface area (Å²) in [4.78, 5) is 23.6. The SMILES string of the molecule is Cc1ccc(C[C@H]2CCC[C@H](NC(=O)O)C(=O)O[C@@H](C)[C@@H]2Oc2ccccc2)cc1. The number of esters is 1. The van der Waals surface area contributed by atoms with E-state index in [0.29, 0.717) is 12.8 Å². The summed E-state index contributed by atoms with van der Waals surface area (Å²) in [7, 11) is 0. The van der Waals surface area contributed by atoms with Crippen molar-refractivity contribution in [2.75, 3.05) is 0 Å². The van der Waals surface area contributed by atoms with Gasteiger partial charge in [0.15, 0.2) is 0 Å². The van der Waals surface area contributed by atoms with Crippen LogP contribution in [-0.4, -0.2) is 35.4 Å². The zero-order chi connectivity index (χ0) is 21.5. The predicted molar refractivity (Wildman–Crippen MR) is 114 cm³/mol. The molecule has 1 aliphatic rings. The predicted octanol–water partition coefficient (Wildman–Crippen LogP) is 4.35. The molecular formula is C24H29NO5. The highest BCUT2D eigenvalue weighted by atomic mass is 16.6. The van der Waals surface area contributed by atoms with E-state index in [4.69, 9.17) is 14.6 Å². The van der Waals surface area contributed by atoms with Gasteiger partial charge in [0.2, 0.25) is 0 Å². The molecule has 3 rings (SSSR count). The molecule has 0 aliphatic carbocycles. The topological polar surface area (TPSA) is 84.9 Å². The minimum absolute atomic E-state index is 0.110. The Bertz CT molecular complexity index is 836. The van der Waals surface area contributed by atoms with E-state index in [2.05, 4.69) is 36.5 Å². The summed E-state index contributed by atoms with van der Waals surface area (Å²) >= 11 is 0. The first-order valence-corrected chi connectivity index (χ1v) is 10.4. The van der Waals surface area contributed by atoms with Gasteiger partial charge in [0.25, 0.3) is 0 Å². The quantitative estimate of drug-likeness (QED) is 0.715. The Hall–Kier alpha value is -3.02. The summed E-state index contributed by atoms with van der Waals surface area (Å²) in [6.45, 7) is 3.87. The first-order valence-electron chi connectivity index (χ1n) is 10.4. The molecule has 1 heterocycles. The highest BCUT2D eigenvalue weighted by molar-refractivity contribution is 5.80. The molecule has 4 atom stereocenters. The lowest BCUT2D eigenvalue weighted by atomic mass is 9.86. The van der Waals surface area contributed by atoms with Crippen LogP contribution in [0.3, 0.4) is 0 Å². The third-order valence-corrected chi connectivity index (χ3v) is 5.51. The fourth-order valence-corrected chi connectivity index (χ4v) is 3.96. The average Bonchev–Trinajstić information content (AvgIpc) is 2.76. The highest BCUT2D eigenvalue weighted by Crippen LogP contribution is 2.29. The third kappa shape index (κ3) is 5.99. The second kappa shape index (κ2) is 10.1. The first-order chi connectivity index (χ1) is 14.4. The third-order valence-electron chi connectivity index (χ3n) is 5.51. The standard InChI is InChI=1S/C24H29NO5/c1-16-11-13-18(14-12-16)15-19-7-6-10-21(25-24(27)28)23(26)29-17(2)22(19)30-20-8-4-3-5-9-20/h3-5,8-9,11-14,17,19,21-22,25H,6-7,10,15H2,1-2H3,(H,27,28)/t17-,19+,21-,22-/m0/s1. The lowest BCUT2D eigenvalue weighted by Gasteiger charge is -2.31. The molecule has 2 N–H and O–H groups in total. The lowest BCUT2D eigenvalue weighted by Crippen LogP contribution is -2.44. The number of carbonyl (C=O) groups is 2. The number of carboxylic acid groups (broad SMARTS) is 1. The number of aryl methyl sites for hydroxylation is 1. The van der Waals surface area contributed by atoms with Gasteiger partial charge >= 0.3 is 12.1 Å². The molecule has 6 heteroatoms. The molecule has 0 radical (unpaired) electrons. The molecule has 1 fully saturated rings. The van der Waals surface area contributed by atoms with Crippen molar-refractivity contribution in [1.29, 1.82) is 0 Å². The molecule has 2 aromatic rings. The van der Waals surface area contributed by atoms with E-state index in [1.807, 2.05) is 37.3 Å². The molecule has 0 spiro atoms. The van der Waals surface area contributed by atoms with E-state index >= 15 is 0 Å². The Morgan fingerprint density at radius 1 is 1.13 bits per heavy atom. The van der Waals surface area contributed by atoms with Gasteiger partial charge in [0.05, 0.1) is 0 Å². The van der Waals surface area contributed by atoms with Crippen LogP contribution in [0.15, 0.2) is 54.6 Å². The number of amides is 1. The lowest BCUT2D eigenvalue weighted by molar-refractivity contribution is -0.156. The van der Waals surface area contributed by atoms with Gasteiger partial charge in [-0.25, -0.2) is 9.59 Å². The molecule has 0 aromatic heterocycles. The number of para-hydroxylation sites is 1. The van der Waals surface area contributed by atoms with E-state index in [-0.39, 0.29) is 12.0 Å². The van der Waals surface area contributed by atoms with E-state index in [0.717, 1.165) is 18.6 Å². The molecule has 0 unspecified atom stereocenters. The van der Waals surface area contributed by atoms with E-state index in [1.165, 1.54) is 11.1 Å². The molecule has 1 amide bonds. The zero-order valence-corrected chi connectivity index (χ0v) is 17.4. The van der Waals surface area contributed by atoms with Gasteiger partial charge in [0, 0.05) is 5.92 Å². The summed E-state index contributed by atoms with van der Waals surface area (Å²) in [6, 6.07) is 17.1. The Morgan fingerprint density at radius 3 is 2.50 bits per heavy atom. The Morgan fingerprint density at radius 2 is 1.83 bits per heavy atom. The summed E-state index contributed by atoms with van der Waals surface area (Å²) in [6.07, 6.45) is 0.585. The van der Waals surface area contributed by atoms with Crippen molar-refractivity contribution in [3.05, 3.63) is 65.7 Å². The second-order valence-corrected chi connectivity index (χ2v) is 7.92. The smallest absolute Gasteiger partial charge is 0.405 e. The van der Waals surface area contributed by atoms with Crippen LogP contribution in [0.25, 0.3) is 0 Å². The van der Waals surface area contributed by atoms with Crippen molar-refractivity contribution in [2.45, 2.75) is 57.8 Å². The van der Waals surface area contributed by atoms with Crippen molar-refractivity contribution in [2.24, 2.45) is 5.92 Å². The minimum Gasteiger partial charge on any atom is -0.486 e. The molecule has 30 heavy (non-hydrogen) atoms. The zero-order valence-electron chi connectivity index (χ0n) is 17.4. The maximum absolute atomic E-state index is 12.6. The molecule has 0 bridgehead atoms. The van der Waals surface area contributed by atoms with Crippen LogP contribution >= 0.6 is 0 Å². The normalized spacial score (nSPS) is 24.7. The van der Waals surface area contributed by atoms with Crippen molar-refractivity contribution in [3.8, 4) is 5.75 Å².